The summed E-state index contributed by atoms with van der Waals surface area (Å²) in [6.45, 7) is 1.42. The van der Waals surface area contributed by atoms with Crippen molar-refractivity contribution in [3.8, 4) is 22.9 Å². The van der Waals surface area contributed by atoms with E-state index in [0.29, 0.717) is 31.0 Å². The van der Waals surface area contributed by atoms with E-state index in [4.69, 9.17) is 5.10 Å². The molecule has 0 spiro atoms. The fourth-order valence-corrected chi connectivity index (χ4v) is 7.99. The molecular weight excluding hydrogens is 537 g/mol. The first-order chi connectivity index (χ1) is 19.8. The second-order valence-electron chi connectivity index (χ2n) is 11.8. The summed E-state index contributed by atoms with van der Waals surface area (Å²) in [6, 6.07) is 17.0. The molecule has 2 saturated carbocycles. The normalized spacial score (nSPS) is 23.0. The highest BCUT2D eigenvalue weighted by Crippen LogP contribution is 2.51. The molecule has 214 valence electrons. The largest absolute Gasteiger partial charge is 0.370 e. The van der Waals surface area contributed by atoms with E-state index < -0.39 is 15.1 Å². The van der Waals surface area contributed by atoms with Crippen molar-refractivity contribution < 1.29 is 13.4 Å². The maximum Gasteiger partial charge on any atom is 0.138 e. The molecule has 2 heterocycles. The molecule has 2 atom stereocenters. The number of Topliss-reactive ketones (excluding diaryl/α,β-unsaturated/α-hetero) is 1. The number of carbonyl (C=O) groups excluding carboxylic acids is 1. The number of rotatable bonds is 7. The number of aromatic nitrogens is 2. The first-order valence-electron chi connectivity index (χ1n) is 14.6. The van der Waals surface area contributed by atoms with E-state index in [1.807, 2.05) is 6.20 Å². The minimum atomic E-state index is -2.08. The highest BCUT2D eigenvalue weighted by molar-refractivity contribution is 7.93. The summed E-state index contributed by atoms with van der Waals surface area (Å²) in [5, 5.41) is 14.7. The molecule has 3 fully saturated rings. The standard InChI is InChI=1S/C32H36FN5O2S/c1-35-41(40)18-16-37(17-19-41)25-10-6-23(7-11-25)29-21-38(26-12-8-24(33)9-13-26)36-31(29)28-5-3-2-4-27(28)30(39)20-32(22-34)14-15-32/h6-13,21,27-28H,2-5,14-20H2,1H3/t27-,28-/m1/s1. The lowest BCUT2D eigenvalue weighted by Gasteiger charge is -2.31. The van der Waals surface area contributed by atoms with Crippen LogP contribution in [0.3, 0.4) is 0 Å². The van der Waals surface area contributed by atoms with Crippen molar-refractivity contribution >= 4 is 21.2 Å². The minimum Gasteiger partial charge on any atom is -0.370 e. The van der Waals surface area contributed by atoms with E-state index in [-0.39, 0.29) is 23.4 Å². The van der Waals surface area contributed by atoms with Gasteiger partial charge >= 0.3 is 0 Å². The molecule has 0 unspecified atom stereocenters. The Morgan fingerprint density at radius 3 is 2.37 bits per heavy atom. The van der Waals surface area contributed by atoms with E-state index in [9.17, 15) is 18.7 Å². The number of anilines is 1. The summed E-state index contributed by atoms with van der Waals surface area (Å²) in [6.07, 6.45) is 7.66. The quantitative estimate of drug-likeness (QED) is 0.339. The van der Waals surface area contributed by atoms with Gasteiger partial charge < -0.3 is 4.90 Å². The fraction of sp³-hybridized carbons (Fsp3) is 0.469. The second kappa shape index (κ2) is 11.1. The molecule has 3 aromatic rings. The molecule has 3 aliphatic rings. The SMILES string of the molecule is CN=S1(=O)CCN(c2ccc(-c3cn(-c4ccc(F)cc4)nc3[C@@H]3CCCC[C@H]3C(=O)CC3(C#N)CC3)cc2)CC1. The van der Waals surface area contributed by atoms with Crippen molar-refractivity contribution in [3.05, 3.63) is 66.2 Å². The van der Waals surface area contributed by atoms with E-state index in [2.05, 4.69) is 39.6 Å². The predicted octanol–water partition coefficient (Wildman–Crippen LogP) is 6.13. The van der Waals surface area contributed by atoms with Crippen LogP contribution in [0.25, 0.3) is 16.8 Å². The van der Waals surface area contributed by atoms with Crippen molar-refractivity contribution in [2.75, 3.05) is 36.5 Å². The van der Waals surface area contributed by atoms with Crippen molar-refractivity contribution in [1.82, 2.24) is 9.78 Å². The molecular formula is C32H36FN5O2S. The van der Waals surface area contributed by atoms with Crippen LogP contribution >= 0.6 is 0 Å². The van der Waals surface area contributed by atoms with Gasteiger partial charge in [-0.2, -0.15) is 10.4 Å². The van der Waals surface area contributed by atoms with Crippen LogP contribution in [-0.2, 0) is 14.5 Å². The van der Waals surface area contributed by atoms with E-state index >= 15 is 0 Å². The van der Waals surface area contributed by atoms with Crippen molar-refractivity contribution in [2.24, 2.45) is 15.7 Å². The lowest BCUT2D eigenvalue weighted by Crippen LogP contribution is -2.40. The molecule has 2 aliphatic carbocycles. The molecule has 0 N–H and O–H groups in total. The molecule has 0 bridgehead atoms. The number of benzene rings is 2. The van der Waals surface area contributed by atoms with Gasteiger partial charge in [0.25, 0.3) is 0 Å². The molecule has 0 amide bonds. The Labute approximate surface area is 241 Å². The summed E-state index contributed by atoms with van der Waals surface area (Å²) in [4.78, 5) is 15.8. The lowest BCUT2D eigenvalue weighted by atomic mass is 9.72. The van der Waals surface area contributed by atoms with E-state index in [0.717, 1.165) is 66.7 Å². The molecule has 9 heteroatoms. The summed E-state index contributed by atoms with van der Waals surface area (Å²) in [5.41, 5.74) is 4.25. The molecule has 2 aromatic carbocycles. The number of hydrogen-bond acceptors (Lipinski definition) is 6. The second-order valence-corrected chi connectivity index (χ2v) is 14.5. The third-order valence-electron chi connectivity index (χ3n) is 9.20. The summed E-state index contributed by atoms with van der Waals surface area (Å²) in [7, 11) is -0.436. The van der Waals surface area contributed by atoms with Crippen LogP contribution in [0.1, 0.15) is 56.6 Å². The van der Waals surface area contributed by atoms with Gasteiger partial charge in [-0.15, -0.1) is 0 Å². The van der Waals surface area contributed by atoms with Crippen LogP contribution < -0.4 is 4.90 Å². The maximum atomic E-state index is 13.7. The van der Waals surface area contributed by atoms with E-state index in [1.54, 1.807) is 23.9 Å². The monoisotopic (exact) mass is 573 g/mol. The highest BCUT2D eigenvalue weighted by Gasteiger charge is 2.47. The van der Waals surface area contributed by atoms with Crippen LogP contribution in [0.2, 0.25) is 0 Å². The zero-order chi connectivity index (χ0) is 28.6. The zero-order valence-electron chi connectivity index (χ0n) is 23.5. The Hall–Kier alpha value is -3.51. The molecule has 41 heavy (non-hydrogen) atoms. The van der Waals surface area contributed by atoms with Gasteiger partial charge in [-0.05, 0) is 67.6 Å². The Morgan fingerprint density at radius 1 is 1.07 bits per heavy atom. The minimum absolute atomic E-state index is 0.0323. The summed E-state index contributed by atoms with van der Waals surface area (Å²) in [5.74, 6) is 0.842. The van der Waals surface area contributed by atoms with Crippen LogP contribution in [0.15, 0.2) is 59.1 Å². The van der Waals surface area contributed by atoms with Crippen LogP contribution in [0.4, 0.5) is 10.1 Å². The average molecular weight is 574 g/mol. The van der Waals surface area contributed by atoms with Gasteiger partial charge in [-0.25, -0.2) is 17.6 Å². The number of hydrogen-bond donors (Lipinski definition) is 0. The third kappa shape index (κ3) is 5.67. The molecule has 0 radical (unpaired) electrons. The lowest BCUT2D eigenvalue weighted by molar-refractivity contribution is -0.125. The predicted molar refractivity (Wildman–Crippen MR) is 159 cm³/mol. The van der Waals surface area contributed by atoms with Crippen molar-refractivity contribution in [2.45, 2.75) is 50.9 Å². The Morgan fingerprint density at radius 2 is 1.73 bits per heavy atom. The van der Waals surface area contributed by atoms with Crippen LogP contribution in [0.5, 0.6) is 0 Å². The van der Waals surface area contributed by atoms with Gasteiger partial charge in [0.15, 0.2) is 0 Å². The van der Waals surface area contributed by atoms with Crippen LogP contribution in [-0.4, -0.2) is 51.4 Å². The topological polar surface area (TPSA) is 91.3 Å². The van der Waals surface area contributed by atoms with Crippen LogP contribution in [0, 0.1) is 28.5 Å². The highest BCUT2D eigenvalue weighted by atomic mass is 32.2. The van der Waals surface area contributed by atoms with Gasteiger partial charge in [-0.1, -0.05) is 25.0 Å². The third-order valence-corrected chi connectivity index (χ3v) is 11.5. The molecule has 1 aromatic heterocycles. The molecule has 1 saturated heterocycles. The zero-order valence-corrected chi connectivity index (χ0v) is 24.3. The first-order valence-corrected chi connectivity index (χ1v) is 16.4. The first kappa shape index (κ1) is 27.6. The van der Waals surface area contributed by atoms with Crippen molar-refractivity contribution in [1.29, 1.82) is 5.26 Å². The van der Waals surface area contributed by atoms with E-state index in [1.165, 1.54) is 12.1 Å². The Bertz CT molecular complexity index is 1580. The number of nitrogens with zero attached hydrogens (tertiary/aromatic N) is 5. The van der Waals surface area contributed by atoms with Gasteiger partial charge in [0.05, 0.1) is 22.9 Å². The van der Waals surface area contributed by atoms with Gasteiger partial charge in [0, 0.05) is 77.1 Å². The Balaban J connectivity index is 1.33. The average Bonchev–Trinajstić information content (AvgIpc) is 3.64. The van der Waals surface area contributed by atoms with Gasteiger partial charge in [0.2, 0.25) is 0 Å². The molecule has 7 nitrogen and oxygen atoms in total. The summed E-state index contributed by atoms with van der Waals surface area (Å²) >= 11 is 0. The maximum absolute atomic E-state index is 13.7. The van der Waals surface area contributed by atoms with Gasteiger partial charge in [0.1, 0.15) is 11.6 Å². The smallest absolute Gasteiger partial charge is 0.138 e. The Kier molecular flexibility index (Phi) is 7.45. The number of ketones is 1. The number of nitriles is 1. The number of halogens is 1. The van der Waals surface area contributed by atoms with Gasteiger partial charge in [-0.3, -0.25) is 4.79 Å². The van der Waals surface area contributed by atoms with Crippen molar-refractivity contribution in [3.63, 3.8) is 0 Å². The molecule has 6 rings (SSSR count). The molecule has 1 aliphatic heterocycles. The number of carbonyl (C=O) groups is 1. The summed E-state index contributed by atoms with van der Waals surface area (Å²) < 4.78 is 32.2. The fourth-order valence-electron chi connectivity index (χ4n) is 6.41.